The molecule has 1 N–H and O–H groups in total. The van der Waals surface area contributed by atoms with E-state index in [-0.39, 0.29) is 0 Å². The zero-order valence-electron chi connectivity index (χ0n) is 11.2. The third-order valence-electron chi connectivity index (χ3n) is 3.21. The summed E-state index contributed by atoms with van der Waals surface area (Å²) in [4.78, 5) is 10.3. The van der Waals surface area contributed by atoms with E-state index in [1.54, 1.807) is 6.07 Å². The average molecular weight is 312 g/mol. The molecule has 0 heterocycles. The molecule has 0 aliphatic heterocycles. The standard InChI is InChI=1S/C8H7BrO.C7H15N/c1-6-2-7(5-10)4-8(9)3-6;1-8-7-5-3-2-4-6-7/h2-5H,1H3;7-8H,2-6H2,1H3. The molecule has 1 aromatic carbocycles. The maximum Gasteiger partial charge on any atom is 0.150 e. The van der Waals surface area contributed by atoms with Gasteiger partial charge in [0.2, 0.25) is 0 Å². The lowest BCUT2D eigenvalue weighted by Crippen LogP contribution is -2.26. The number of aldehydes is 1. The molecule has 0 spiro atoms. The van der Waals surface area contributed by atoms with E-state index in [2.05, 4.69) is 28.3 Å². The lowest BCUT2D eigenvalue weighted by Gasteiger charge is -2.20. The molecule has 0 bridgehead atoms. The Balaban J connectivity index is 0.000000184. The molecule has 2 rings (SSSR count). The fraction of sp³-hybridized carbons (Fsp3) is 0.533. The van der Waals surface area contributed by atoms with Gasteiger partial charge in [0.15, 0.2) is 0 Å². The highest BCUT2D eigenvalue weighted by Crippen LogP contribution is 2.16. The summed E-state index contributed by atoms with van der Waals surface area (Å²) in [5.74, 6) is 0. The smallest absolute Gasteiger partial charge is 0.150 e. The molecule has 1 aromatic rings. The maximum atomic E-state index is 10.3. The number of hydrogen-bond donors (Lipinski definition) is 1. The van der Waals surface area contributed by atoms with Gasteiger partial charge in [-0.05, 0) is 50.6 Å². The highest BCUT2D eigenvalue weighted by atomic mass is 79.9. The Kier molecular flexibility index (Phi) is 7.21. The second-order valence-electron chi connectivity index (χ2n) is 4.80. The molecule has 0 atom stereocenters. The number of carbonyl (C=O) groups is 1. The number of aryl methyl sites for hydroxylation is 1. The molecule has 0 aromatic heterocycles. The molecule has 0 amide bonds. The number of nitrogens with one attached hydrogen (secondary N) is 1. The molecular formula is C15H22BrNO. The molecule has 0 unspecified atom stereocenters. The number of benzene rings is 1. The van der Waals surface area contributed by atoms with Crippen LogP contribution in [0.25, 0.3) is 0 Å². The topological polar surface area (TPSA) is 29.1 Å². The monoisotopic (exact) mass is 311 g/mol. The fourth-order valence-electron chi connectivity index (χ4n) is 2.22. The van der Waals surface area contributed by atoms with Crippen LogP contribution >= 0.6 is 15.9 Å². The second-order valence-corrected chi connectivity index (χ2v) is 5.72. The minimum Gasteiger partial charge on any atom is -0.317 e. The Hall–Kier alpha value is -0.670. The van der Waals surface area contributed by atoms with E-state index in [1.807, 2.05) is 19.1 Å². The Labute approximate surface area is 118 Å². The van der Waals surface area contributed by atoms with Gasteiger partial charge in [0.05, 0.1) is 0 Å². The van der Waals surface area contributed by atoms with Gasteiger partial charge in [0.25, 0.3) is 0 Å². The first-order valence-corrected chi connectivity index (χ1v) is 7.34. The van der Waals surface area contributed by atoms with Gasteiger partial charge >= 0.3 is 0 Å². The van der Waals surface area contributed by atoms with E-state index in [4.69, 9.17) is 0 Å². The Morgan fingerprint density at radius 3 is 2.33 bits per heavy atom. The fourth-order valence-corrected chi connectivity index (χ4v) is 2.85. The van der Waals surface area contributed by atoms with Crippen LogP contribution in [0.5, 0.6) is 0 Å². The number of hydrogen-bond acceptors (Lipinski definition) is 2. The van der Waals surface area contributed by atoms with E-state index < -0.39 is 0 Å². The van der Waals surface area contributed by atoms with Crippen molar-refractivity contribution in [3.05, 3.63) is 33.8 Å². The molecule has 2 nitrogen and oxygen atoms in total. The van der Waals surface area contributed by atoms with Gasteiger partial charge in [-0.15, -0.1) is 0 Å². The second kappa shape index (κ2) is 8.44. The SMILES string of the molecule is CNC1CCCCC1.Cc1cc(Br)cc(C=O)c1. The van der Waals surface area contributed by atoms with Gasteiger partial charge < -0.3 is 5.32 Å². The molecule has 0 saturated heterocycles. The summed E-state index contributed by atoms with van der Waals surface area (Å²) in [6, 6.07) is 6.44. The summed E-state index contributed by atoms with van der Waals surface area (Å²) in [7, 11) is 2.07. The quantitative estimate of drug-likeness (QED) is 0.833. The van der Waals surface area contributed by atoms with Crippen LogP contribution in [0.4, 0.5) is 0 Å². The lowest BCUT2D eigenvalue weighted by molar-refractivity contribution is 0.112. The maximum absolute atomic E-state index is 10.3. The third-order valence-corrected chi connectivity index (χ3v) is 3.67. The van der Waals surface area contributed by atoms with Crippen molar-refractivity contribution >= 4 is 22.2 Å². The first kappa shape index (κ1) is 15.4. The molecular weight excluding hydrogens is 290 g/mol. The van der Waals surface area contributed by atoms with E-state index in [9.17, 15) is 4.79 Å². The van der Waals surface area contributed by atoms with Gasteiger partial charge in [-0.25, -0.2) is 0 Å². The van der Waals surface area contributed by atoms with Crippen molar-refractivity contribution in [3.8, 4) is 0 Å². The van der Waals surface area contributed by atoms with Crippen molar-refractivity contribution in [1.29, 1.82) is 0 Å². The van der Waals surface area contributed by atoms with Gasteiger partial charge in [-0.1, -0.05) is 35.2 Å². The predicted molar refractivity (Wildman–Crippen MR) is 80.2 cm³/mol. The van der Waals surface area contributed by atoms with Crippen molar-refractivity contribution in [2.45, 2.75) is 45.1 Å². The van der Waals surface area contributed by atoms with Crippen LogP contribution in [-0.4, -0.2) is 19.4 Å². The van der Waals surface area contributed by atoms with Crippen LogP contribution in [0.3, 0.4) is 0 Å². The van der Waals surface area contributed by atoms with Gasteiger partial charge in [-0.3, -0.25) is 4.79 Å². The Morgan fingerprint density at radius 2 is 1.89 bits per heavy atom. The molecule has 3 heteroatoms. The summed E-state index contributed by atoms with van der Waals surface area (Å²) in [6.07, 6.45) is 7.97. The summed E-state index contributed by atoms with van der Waals surface area (Å²) in [6.45, 7) is 1.96. The number of halogens is 1. The molecule has 0 radical (unpaired) electrons. The van der Waals surface area contributed by atoms with Crippen LogP contribution in [0.1, 0.15) is 48.0 Å². The van der Waals surface area contributed by atoms with Crippen molar-refractivity contribution < 1.29 is 4.79 Å². The molecule has 1 aliphatic carbocycles. The van der Waals surface area contributed by atoms with Crippen LogP contribution in [0.2, 0.25) is 0 Å². The van der Waals surface area contributed by atoms with E-state index in [1.165, 1.54) is 32.1 Å². The van der Waals surface area contributed by atoms with Crippen LogP contribution in [0.15, 0.2) is 22.7 Å². The minimum atomic E-state index is 0.715. The first-order chi connectivity index (χ1) is 8.65. The average Bonchev–Trinajstić information content (AvgIpc) is 2.39. The zero-order chi connectivity index (χ0) is 13.4. The largest absolute Gasteiger partial charge is 0.317 e. The Bertz CT molecular complexity index is 353. The van der Waals surface area contributed by atoms with Gasteiger partial charge in [0, 0.05) is 16.1 Å². The van der Waals surface area contributed by atoms with Gasteiger partial charge in [-0.2, -0.15) is 0 Å². The van der Waals surface area contributed by atoms with Crippen molar-refractivity contribution in [2.75, 3.05) is 7.05 Å². The van der Waals surface area contributed by atoms with Crippen molar-refractivity contribution in [1.82, 2.24) is 5.32 Å². The van der Waals surface area contributed by atoms with E-state index >= 15 is 0 Å². The predicted octanol–water partition coefficient (Wildman–Crippen LogP) is 4.11. The summed E-state index contributed by atoms with van der Waals surface area (Å²) >= 11 is 3.29. The van der Waals surface area contributed by atoms with E-state index in [0.717, 1.165) is 22.4 Å². The molecule has 1 fully saturated rings. The molecule has 1 saturated carbocycles. The van der Waals surface area contributed by atoms with Gasteiger partial charge in [0.1, 0.15) is 6.29 Å². The van der Waals surface area contributed by atoms with E-state index in [0.29, 0.717) is 5.56 Å². The lowest BCUT2D eigenvalue weighted by atomic mass is 9.96. The number of carbonyl (C=O) groups excluding carboxylic acids is 1. The molecule has 18 heavy (non-hydrogen) atoms. The summed E-state index contributed by atoms with van der Waals surface area (Å²) in [5, 5.41) is 3.30. The van der Waals surface area contributed by atoms with Crippen LogP contribution in [-0.2, 0) is 0 Å². The number of rotatable bonds is 2. The van der Waals surface area contributed by atoms with Crippen LogP contribution in [0, 0.1) is 6.92 Å². The Morgan fingerprint density at radius 1 is 1.22 bits per heavy atom. The highest BCUT2D eigenvalue weighted by Gasteiger charge is 2.09. The van der Waals surface area contributed by atoms with Crippen molar-refractivity contribution in [3.63, 3.8) is 0 Å². The minimum absolute atomic E-state index is 0.715. The highest BCUT2D eigenvalue weighted by molar-refractivity contribution is 9.10. The van der Waals surface area contributed by atoms with Crippen LogP contribution < -0.4 is 5.32 Å². The summed E-state index contributed by atoms with van der Waals surface area (Å²) in [5.41, 5.74) is 1.81. The molecule has 1 aliphatic rings. The first-order valence-electron chi connectivity index (χ1n) is 6.55. The third kappa shape index (κ3) is 5.78. The zero-order valence-corrected chi connectivity index (χ0v) is 12.8. The van der Waals surface area contributed by atoms with Crippen molar-refractivity contribution in [2.24, 2.45) is 0 Å². The molecule has 100 valence electrons. The normalized spacial score (nSPS) is 15.7. The summed E-state index contributed by atoms with van der Waals surface area (Å²) < 4.78 is 0.953.